The maximum absolute atomic E-state index is 12.9. The van der Waals surface area contributed by atoms with Crippen molar-refractivity contribution in [2.24, 2.45) is 0 Å². The fraction of sp³-hybridized carbons (Fsp3) is 0.800. The van der Waals surface area contributed by atoms with Gasteiger partial charge in [0.05, 0.1) is 0 Å². The lowest BCUT2D eigenvalue weighted by atomic mass is 10.2. The van der Waals surface area contributed by atoms with Crippen molar-refractivity contribution < 1.29 is 44.7 Å². The number of unbranched alkanes of at least 4 members (excludes halogenated alkanes) is 1. The Morgan fingerprint density at radius 1 is 0.667 bits per heavy atom. The molecule has 0 aliphatic rings. The second-order valence-electron chi connectivity index (χ2n) is 4.36. The van der Waals surface area contributed by atoms with Gasteiger partial charge in [0.2, 0.25) is 0 Å². The molecule has 0 saturated carbocycles. The average Bonchev–Trinajstić information content (AvgIpc) is 2.39. The van der Waals surface area contributed by atoms with Gasteiger partial charge < -0.3 is 10.6 Å². The number of hydrogen-bond donors (Lipinski definition) is 2. The number of rotatable bonds is 7. The van der Waals surface area contributed by atoms with Crippen LogP contribution in [0.25, 0.3) is 0 Å². The third-order valence-electron chi connectivity index (χ3n) is 2.46. The first kappa shape index (κ1) is 23.0. The standard InChI is InChI=1S/C10H10Cl2F8N2O2/c11-7(13,9(15,16)17)5(23)21-3-1-2-4-22-6(24)8(12,14)10(18,19)20/h1-4H2,(H,21,23)(H,22,24)/t7-,8-/m1/s1. The number of amides is 2. The summed E-state index contributed by atoms with van der Waals surface area (Å²) in [6.07, 6.45) is -11.6. The monoisotopic (exact) mass is 412 g/mol. The summed E-state index contributed by atoms with van der Waals surface area (Å²) in [4.78, 5) is 21.8. The van der Waals surface area contributed by atoms with Gasteiger partial charge in [0.1, 0.15) is 0 Å². The zero-order chi connectivity index (χ0) is 19.4. The summed E-state index contributed by atoms with van der Waals surface area (Å²) in [5, 5.41) is -6.22. The summed E-state index contributed by atoms with van der Waals surface area (Å²) >= 11 is 8.83. The second-order valence-corrected chi connectivity index (χ2v) is 5.40. The number of carbonyl (C=O) groups is 2. The van der Waals surface area contributed by atoms with Crippen molar-refractivity contribution in [3.8, 4) is 0 Å². The van der Waals surface area contributed by atoms with Gasteiger partial charge in [-0.1, -0.05) is 23.2 Å². The fourth-order valence-electron chi connectivity index (χ4n) is 1.13. The lowest BCUT2D eigenvalue weighted by Crippen LogP contribution is -2.50. The normalized spacial score (nSPS) is 17.6. The van der Waals surface area contributed by atoms with Crippen LogP contribution in [0.3, 0.4) is 0 Å². The minimum Gasteiger partial charge on any atom is -0.352 e. The number of alkyl halides is 10. The van der Waals surface area contributed by atoms with Crippen molar-refractivity contribution in [1.82, 2.24) is 10.6 Å². The van der Waals surface area contributed by atoms with Crippen LogP contribution in [0, 0.1) is 0 Å². The molecule has 142 valence electrons. The van der Waals surface area contributed by atoms with E-state index in [1.54, 1.807) is 0 Å². The highest BCUT2D eigenvalue weighted by molar-refractivity contribution is 6.34. The SMILES string of the molecule is O=C(NCCCCNC(=O)[C@](F)(Cl)C(F)(F)F)[C@](F)(Cl)C(F)(F)F. The largest absolute Gasteiger partial charge is 0.446 e. The van der Waals surface area contributed by atoms with Gasteiger partial charge in [-0.05, 0) is 12.8 Å². The Labute approximate surface area is 139 Å². The van der Waals surface area contributed by atoms with E-state index in [0.717, 1.165) is 0 Å². The Bertz CT molecular complexity index is 423. The van der Waals surface area contributed by atoms with Crippen molar-refractivity contribution in [3.05, 3.63) is 0 Å². The van der Waals surface area contributed by atoms with Crippen LogP contribution in [0.2, 0.25) is 0 Å². The molecule has 0 unspecified atom stereocenters. The first-order valence-corrected chi connectivity index (χ1v) is 6.76. The molecule has 0 aromatic carbocycles. The highest BCUT2D eigenvalue weighted by Crippen LogP contribution is 2.38. The summed E-state index contributed by atoms with van der Waals surface area (Å²) in [6, 6.07) is 0. The molecule has 24 heavy (non-hydrogen) atoms. The first-order chi connectivity index (χ1) is 10.5. The van der Waals surface area contributed by atoms with Crippen LogP contribution in [0.4, 0.5) is 35.1 Å². The van der Waals surface area contributed by atoms with E-state index >= 15 is 0 Å². The molecule has 0 spiro atoms. The van der Waals surface area contributed by atoms with Gasteiger partial charge in [-0.3, -0.25) is 9.59 Å². The van der Waals surface area contributed by atoms with Crippen LogP contribution >= 0.6 is 23.2 Å². The van der Waals surface area contributed by atoms with Crippen LogP contribution in [-0.4, -0.2) is 47.5 Å². The number of nitrogens with one attached hydrogen (secondary N) is 2. The van der Waals surface area contributed by atoms with E-state index in [2.05, 4.69) is 23.2 Å². The van der Waals surface area contributed by atoms with Crippen molar-refractivity contribution in [2.45, 2.75) is 35.5 Å². The predicted octanol–water partition coefficient (Wildman–Crippen LogP) is 2.93. The Morgan fingerprint density at radius 3 is 1.12 bits per heavy atom. The van der Waals surface area contributed by atoms with Crippen LogP contribution in [0.1, 0.15) is 12.8 Å². The third-order valence-corrected chi connectivity index (χ3v) is 3.23. The smallest absolute Gasteiger partial charge is 0.352 e. The molecule has 2 N–H and O–H groups in total. The highest BCUT2D eigenvalue weighted by Gasteiger charge is 2.61. The maximum atomic E-state index is 12.9. The van der Waals surface area contributed by atoms with Gasteiger partial charge in [0.25, 0.3) is 11.8 Å². The van der Waals surface area contributed by atoms with E-state index < -0.39 is 47.5 Å². The summed E-state index contributed by atoms with van der Waals surface area (Å²) < 4.78 is 98.2. The van der Waals surface area contributed by atoms with Gasteiger partial charge >= 0.3 is 22.6 Å². The van der Waals surface area contributed by atoms with Crippen molar-refractivity contribution in [1.29, 1.82) is 0 Å². The molecular formula is C10H10Cl2F8N2O2. The molecule has 0 bridgehead atoms. The Morgan fingerprint density at radius 2 is 0.917 bits per heavy atom. The molecule has 0 saturated heterocycles. The average molecular weight is 413 g/mol. The van der Waals surface area contributed by atoms with Gasteiger partial charge in [-0.2, -0.15) is 26.3 Å². The lowest BCUT2D eigenvalue weighted by Gasteiger charge is -2.20. The van der Waals surface area contributed by atoms with Crippen molar-refractivity contribution >= 4 is 35.0 Å². The molecule has 0 aromatic heterocycles. The Balaban J connectivity index is 4.14. The summed E-state index contributed by atoms with van der Waals surface area (Å²) in [7, 11) is 0. The first-order valence-electron chi connectivity index (χ1n) is 6.01. The minimum atomic E-state index is -5.64. The topological polar surface area (TPSA) is 58.2 Å². The second kappa shape index (κ2) is 7.89. The summed E-state index contributed by atoms with van der Waals surface area (Å²) in [5.41, 5.74) is 0. The molecule has 0 rings (SSSR count). The number of carbonyl (C=O) groups excluding carboxylic acids is 2. The molecule has 0 aliphatic carbocycles. The van der Waals surface area contributed by atoms with E-state index in [9.17, 15) is 44.7 Å². The molecular weight excluding hydrogens is 403 g/mol. The van der Waals surface area contributed by atoms with Gasteiger partial charge in [0.15, 0.2) is 0 Å². The molecule has 0 aliphatic heterocycles. The maximum Gasteiger partial charge on any atom is 0.446 e. The number of halogens is 10. The van der Waals surface area contributed by atoms with Crippen LogP contribution in [0.5, 0.6) is 0 Å². The lowest BCUT2D eigenvalue weighted by molar-refractivity contribution is -0.201. The quantitative estimate of drug-likeness (QED) is 0.383. The van der Waals surface area contributed by atoms with E-state index in [1.807, 2.05) is 0 Å². The zero-order valence-corrected chi connectivity index (χ0v) is 12.9. The predicted molar refractivity (Wildman–Crippen MR) is 66.7 cm³/mol. The van der Waals surface area contributed by atoms with E-state index in [1.165, 1.54) is 10.6 Å². The van der Waals surface area contributed by atoms with E-state index in [0.29, 0.717) is 0 Å². The van der Waals surface area contributed by atoms with Gasteiger partial charge in [0, 0.05) is 13.1 Å². The van der Waals surface area contributed by atoms with E-state index in [4.69, 9.17) is 0 Å². The van der Waals surface area contributed by atoms with Gasteiger partial charge in [-0.25, -0.2) is 8.78 Å². The fourth-order valence-corrected chi connectivity index (χ4v) is 1.27. The summed E-state index contributed by atoms with van der Waals surface area (Å²) in [5.74, 6) is -4.33. The molecule has 0 aromatic rings. The van der Waals surface area contributed by atoms with Crippen LogP contribution in [-0.2, 0) is 9.59 Å². The summed E-state index contributed by atoms with van der Waals surface area (Å²) in [6.45, 7) is -1.05. The van der Waals surface area contributed by atoms with Gasteiger partial charge in [-0.15, -0.1) is 0 Å². The van der Waals surface area contributed by atoms with Crippen LogP contribution < -0.4 is 10.6 Å². The molecule has 0 fully saturated rings. The zero-order valence-electron chi connectivity index (χ0n) is 11.4. The van der Waals surface area contributed by atoms with Crippen LogP contribution in [0.15, 0.2) is 0 Å². The highest BCUT2D eigenvalue weighted by atomic mass is 35.5. The molecule has 0 heterocycles. The Kier molecular flexibility index (Phi) is 7.55. The molecule has 2 atom stereocenters. The molecule has 0 radical (unpaired) electrons. The molecule has 2 amide bonds. The molecule has 4 nitrogen and oxygen atoms in total. The third kappa shape index (κ3) is 5.80. The van der Waals surface area contributed by atoms with Crippen molar-refractivity contribution in [3.63, 3.8) is 0 Å². The van der Waals surface area contributed by atoms with Crippen molar-refractivity contribution in [2.75, 3.05) is 13.1 Å². The molecule has 14 heteroatoms. The number of hydrogen-bond acceptors (Lipinski definition) is 2. The Hall–Kier alpha value is -1.04. The minimum absolute atomic E-state index is 0.176. The van der Waals surface area contributed by atoms with E-state index in [-0.39, 0.29) is 12.8 Å².